The molecule has 64 heavy (non-hydrogen) atoms. The highest BCUT2D eigenvalue weighted by molar-refractivity contribution is 6.16. The summed E-state index contributed by atoms with van der Waals surface area (Å²) >= 11 is 0. The van der Waals surface area contributed by atoms with Crippen LogP contribution in [0, 0.1) is 0 Å². The Labute approximate surface area is 372 Å². The van der Waals surface area contributed by atoms with Gasteiger partial charge < -0.3 is 13.9 Å². The van der Waals surface area contributed by atoms with Crippen LogP contribution in [0.1, 0.15) is 5.56 Å². The Morgan fingerprint density at radius 2 is 0.875 bits per heavy atom. The number of hydrogen-bond donors (Lipinski definition) is 0. The van der Waals surface area contributed by atoms with Gasteiger partial charge in [0.25, 0.3) is 0 Å². The molecule has 0 spiro atoms. The van der Waals surface area contributed by atoms with Gasteiger partial charge in [-0.1, -0.05) is 176 Å². The summed E-state index contributed by atoms with van der Waals surface area (Å²) in [6, 6.07) is 87.4. The number of fused-ring (bicyclic) bond motifs is 6. The molecule has 2 aromatic heterocycles. The Bertz CT molecular complexity index is 3620. The van der Waals surface area contributed by atoms with Crippen molar-refractivity contribution in [3.63, 3.8) is 0 Å². The fraction of sp³-hybridized carbons (Fsp3) is 0.0164. The average molecular weight is 819 g/mol. The van der Waals surface area contributed by atoms with Crippen LogP contribution in [0.25, 0.3) is 93.9 Å². The zero-order valence-electron chi connectivity index (χ0n) is 35.1. The van der Waals surface area contributed by atoms with Crippen molar-refractivity contribution in [2.75, 3.05) is 4.90 Å². The zero-order chi connectivity index (χ0) is 42.4. The molecule has 0 bridgehead atoms. The Morgan fingerprint density at radius 3 is 1.66 bits per heavy atom. The molecule has 0 atom stereocenters. The molecule has 0 unspecified atom stereocenters. The average Bonchev–Trinajstić information content (AvgIpc) is 3.92. The summed E-state index contributed by atoms with van der Waals surface area (Å²) in [5, 5.41) is 4.72. The third kappa shape index (κ3) is 6.63. The predicted molar refractivity (Wildman–Crippen MR) is 269 cm³/mol. The number of benzene rings is 10. The molecule has 0 aliphatic carbocycles. The molecule has 0 amide bonds. The van der Waals surface area contributed by atoms with E-state index < -0.39 is 0 Å². The van der Waals surface area contributed by atoms with E-state index >= 15 is 0 Å². The van der Waals surface area contributed by atoms with Gasteiger partial charge in [0.05, 0.1) is 11.0 Å². The maximum Gasteiger partial charge on any atom is 0.137 e. The standard InChI is InChI=1S/C61H42N2O/c1-3-15-42(16-4-1)43-29-31-44(32-30-43)45-33-35-50(36-34-45)62(49-20-5-2-6-21-49)41-48-17-7-8-22-52(48)46-18-13-19-47(39-46)53-25-14-27-58-61(53)56-24-9-11-26-57(56)63(58)51-37-38-55-54-23-10-12-28-59(54)64-60(55)40-51/h1-40H,41H2. The van der Waals surface area contributed by atoms with Gasteiger partial charge in [-0.05, 0) is 111 Å². The first-order valence-corrected chi connectivity index (χ1v) is 21.9. The minimum absolute atomic E-state index is 0.703. The van der Waals surface area contributed by atoms with E-state index in [0.29, 0.717) is 6.54 Å². The monoisotopic (exact) mass is 818 g/mol. The van der Waals surface area contributed by atoms with Crippen LogP contribution < -0.4 is 4.90 Å². The van der Waals surface area contributed by atoms with Crippen molar-refractivity contribution in [1.82, 2.24) is 4.57 Å². The van der Waals surface area contributed by atoms with Crippen LogP contribution in [-0.2, 0) is 6.54 Å². The Balaban J connectivity index is 0.901. The van der Waals surface area contributed by atoms with Gasteiger partial charge in [-0.25, -0.2) is 0 Å². The van der Waals surface area contributed by atoms with Crippen molar-refractivity contribution in [1.29, 1.82) is 0 Å². The maximum absolute atomic E-state index is 6.37. The van der Waals surface area contributed by atoms with Crippen molar-refractivity contribution in [2.45, 2.75) is 6.54 Å². The van der Waals surface area contributed by atoms with E-state index in [4.69, 9.17) is 4.42 Å². The molecular weight excluding hydrogens is 777 g/mol. The molecule has 0 fully saturated rings. The lowest BCUT2D eigenvalue weighted by atomic mass is 9.93. The van der Waals surface area contributed by atoms with Crippen LogP contribution in [0.2, 0.25) is 0 Å². The summed E-state index contributed by atoms with van der Waals surface area (Å²) in [5.74, 6) is 0. The fourth-order valence-electron chi connectivity index (χ4n) is 9.62. The van der Waals surface area contributed by atoms with Crippen LogP contribution in [0.3, 0.4) is 0 Å². The van der Waals surface area contributed by atoms with Crippen molar-refractivity contribution < 1.29 is 4.42 Å². The van der Waals surface area contributed by atoms with Gasteiger partial charge in [0.15, 0.2) is 0 Å². The molecule has 0 N–H and O–H groups in total. The highest BCUT2D eigenvalue weighted by Crippen LogP contribution is 2.41. The third-order valence-electron chi connectivity index (χ3n) is 12.7. The Morgan fingerprint density at radius 1 is 0.344 bits per heavy atom. The van der Waals surface area contributed by atoms with Crippen LogP contribution in [0.15, 0.2) is 247 Å². The second-order valence-electron chi connectivity index (χ2n) is 16.5. The van der Waals surface area contributed by atoms with E-state index in [-0.39, 0.29) is 0 Å². The van der Waals surface area contributed by atoms with E-state index in [9.17, 15) is 0 Å². The minimum atomic E-state index is 0.703. The van der Waals surface area contributed by atoms with Gasteiger partial charge in [-0.3, -0.25) is 0 Å². The number of para-hydroxylation sites is 3. The lowest BCUT2D eigenvalue weighted by Gasteiger charge is -2.27. The van der Waals surface area contributed by atoms with Crippen molar-refractivity contribution in [3.05, 3.63) is 248 Å². The lowest BCUT2D eigenvalue weighted by Crippen LogP contribution is -2.17. The van der Waals surface area contributed by atoms with Crippen LogP contribution in [0.4, 0.5) is 11.4 Å². The van der Waals surface area contributed by atoms with Gasteiger partial charge in [-0.15, -0.1) is 0 Å². The van der Waals surface area contributed by atoms with E-state index in [1.807, 2.05) is 12.1 Å². The quantitative estimate of drug-likeness (QED) is 0.145. The predicted octanol–water partition coefficient (Wildman–Crippen LogP) is 16.7. The number of furan rings is 1. The zero-order valence-corrected chi connectivity index (χ0v) is 35.1. The molecule has 3 nitrogen and oxygen atoms in total. The molecule has 12 aromatic rings. The largest absolute Gasteiger partial charge is 0.456 e. The summed E-state index contributed by atoms with van der Waals surface area (Å²) in [7, 11) is 0. The lowest BCUT2D eigenvalue weighted by molar-refractivity contribution is 0.668. The van der Waals surface area contributed by atoms with Gasteiger partial charge in [-0.2, -0.15) is 0 Å². The Hall–Kier alpha value is -8.40. The van der Waals surface area contributed by atoms with Crippen molar-refractivity contribution in [3.8, 4) is 50.2 Å². The van der Waals surface area contributed by atoms with E-state index in [1.54, 1.807) is 0 Å². The number of hydrogen-bond acceptors (Lipinski definition) is 2. The smallest absolute Gasteiger partial charge is 0.137 e. The van der Waals surface area contributed by atoms with Crippen LogP contribution >= 0.6 is 0 Å². The van der Waals surface area contributed by atoms with Gasteiger partial charge in [0, 0.05) is 51.2 Å². The molecule has 12 rings (SSSR count). The molecule has 2 heterocycles. The van der Waals surface area contributed by atoms with E-state index in [0.717, 1.165) is 50.0 Å². The highest BCUT2D eigenvalue weighted by Gasteiger charge is 2.19. The SMILES string of the molecule is c1ccc(-c2ccc(-c3ccc(N(Cc4ccccc4-c4cccc(-c5cccc6c5c5ccccc5n6-c5ccc6c(c5)oc5ccccc56)c4)c4ccccc4)cc3)cc2)cc1. The normalized spacial score (nSPS) is 11.5. The number of aromatic nitrogens is 1. The maximum atomic E-state index is 6.37. The number of rotatable bonds is 9. The van der Waals surface area contributed by atoms with E-state index in [2.05, 4.69) is 240 Å². The molecule has 0 aliphatic heterocycles. The fourth-order valence-corrected chi connectivity index (χ4v) is 9.62. The highest BCUT2D eigenvalue weighted by atomic mass is 16.3. The first kappa shape index (κ1) is 37.4. The molecule has 302 valence electrons. The van der Waals surface area contributed by atoms with Crippen LogP contribution in [0.5, 0.6) is 0 Å². The van der Waals surface area contributed by atoms with Crippen molar-refractivity contribution >= 4 is 55.1 Å². The second-order valence-corrected chi connectivity index (χ2v) is 16.5. The van der Waals surface area contributed by atoms with Gasteiger partial charge in [0.2, 0.25) is 0 Å². The molecule has 10 aromatic carbocycles. The molecule has 0 aliphatic rings. The van der Waals surface area contributed by atoms with Crippen LogP contribution in [-0.4, -0.2) is 4.57 Å². The first-order chi connectivity index (χ1) is 31.7. The molecule has 0 saturated carbocycles. The topological polar surface area (TPSA) is 21.3 Å². The second kappa shape index (κ2) is 15.8. The molecular formula is C61H42N2O. The summed E-state index contributed by atoms with van der Waals surface area (Å²) < 4.78 is 8.75. The summed E-state index contributed by atoms with van der Waals surface area (Å²) in [6.07, 6.45) is 0. The third-order valence-corrected chi connectivity index (χ3v) is 12.7. The molecule has 0 saturated heterocycles. The summed E-state index contributed by atoms with van der Waals surface area (Å²) in [6.45, 7) is 0.703. The summed E-state index contributed by atoms with van der Waals surface area (Å²) in [4.78, 5) is 2.42. The number of nitrogens with zero attached hydrogens (tertiary/aromatic N) is 2. The van der Waals surface area contributed by atoms with Gasteiger partial charge >= 0.3 is 0 Å². The van der Waals surface area contributed by atoms with Crippen molar-refractivity contribution in [2.24, 2.45) is 0 Å². The van der Waals surface area contributed by atoms with Gasteiger partial charge in [0.1, 0.15) is 11.2 Å². The minimum Gasteiger partial charge on any atom is -0.456 e. The summed E-state index contributed by atoms with van der Waals surface area (Å²) in [5.41, 5.74) is 18.4. The van der Waals surface area contributed by atoms with E-state index in [1.165, 1.54) is 60.8 Å². The molecule has 0 radical (unpaired) electrons. The first-order valence-electron chi connectivity index (χ1n) is 21.9. The number of anilines is 2. The Kier molecular flexibility index (Phi) is 9.23. The molecule has 3 heteroatoms.